The number of halogens is 1. The standard InChI is InChI=1S/C20H21FN10O2/c1-9-24-17-13-3-10(6-31(17)29-9)7-33-14-5-11(21)4-12(14)26-20(32)30-8-23-15-16(22-2)27-19(25-13)28-18(15)30/h3,6,8,11-12,14H,4-5,7H2,1-2H3,(H,26,32)(H2,22,25,27,28)/t11-,12-,14-/m1/s1. The smallest absolute Gasteiger partial charge is 0.328 e. The maximum Gasteiger partial charge on any atom is 0.328 e. The summed E-state index contributed by atoms with van der Waals surface area (Å²) >= 11 is 0. The zero-order valence-electron chi connectivity index (χ0n) is 17.9. The molecular weight excluding hydrogens is 431 g/mol. The van der Waals surface area contributed by atoms with Gasteiger partial charge < -0.3 is 20.7 Å². The lowest BCUT2D eigenvalue weighted by Crippen LogP contribution is -2.43. The number of pyridine rings is 1. The summed E-state index contributed by atoms with van der Waals surface area (Å²) in [7, 11) is 1.71. The third-order valence-corrected chi connectivity index (χ3v) is 5.91. The molecule has 5 heterocycles. The van der Waals surface area contributed by atoms with Crippen molar-refractivity contribution in [3.05, 3.63) is 30.0 Å². The lowest BCUT2D eigenvalue weighted by Gasteiger charge is -2.22. The number of hydrogen-bond acceptors (Lipinski definition) is 9. The first kappa shape index (κ1) is 19.8. The predicted octanol–water partition coefficient (Wildman–Crippen LogP) is 1.92. The lowest BCUT2D eigenvalue weighted by molar-refractivity contribution is 0.0271. The number of carbonyl (C=O) groups excluding carboxylic acids is 1. The van der Waals surface area contributed by atoms with Crippen molar-refractivity contribution in [3.63, 3.8) is 0 Å². The predicted molar refractivity (Wildman–Crippen MR) is 116 cm³/mol. The van der Waals surface area contributed by atoms with Gasteiger partial charge in [-0.25, -0.2) is 28.2 Å². The van der Waals surface area contributed by atoms with Crippen LogP contribution in [0.2, 0.25) is 0 Å². The Morgan fingerprint density at radius 3 is 2.97 bits per heavy atom. The molecule has 12 nitrogen and oxygen atoms in total. The SMILES string of the molecule is CNc1nc2nc3c1ncn3C(=O)N[C@@H]1C[C@@H](F)C[C@H]1OCc1cc(c3nc(C)nn3c1)N2. The van der Waals surface area contributed by atoms with Crippen molar-refractivity contribution in [2.45, 2.75) is 44.7 Å². The Labute approximate surface area is 186 Å². The van der Waals surface area contributed by atoms with Crippen molar-refractivity contribution in [1.29, 1.82) is 0 Å². The molecule has 0 spiro atoms. The van der Waals surface area contributed by atoms with Crippen molar-refractivity contribution < 1.29 is 13.9 Å². The summed E-state index contributed by atoms with van der Waals surface area (Å²) in [4.78, 5) is 30.9. The summed E-state index contributed by atoms with van der Waals surface area (Å²) in [6.45, 7) is 2.02. The van der Waals surface area contributed by atoms with Crippen LogP contribution in [0.25, 0.3) is 16.8 Å². The molecule has 3 atom stereocenters. The van der Waals surface area contributed by atoms with Gasteiger partial charge in [0, 0.05) is 26.1 Å². The van der Waals surface area contributed by atoms with Crippen molar-refractivity contribution in [3.8, 4) is 0 Å². The molecule has 1 fully saturated rings. The number of alkyl halides is 1. The Morgan fingerprint density at radius 1 is 1.24 bits per heavy atom. The van der Waals surface area contributed by atoms with E-state index in [-0.39, 0.29) is 25.4 Å². The molecule has 1 aliphatic carbocycles. The number of imidazole rings is 1. The van der Waals surface area contributed by atoms with E-state index in [9.17, 15) is 9.18 Å². The number of rotatable bonds is 1. The molecule has 1 saturated carbocycles. The average Bonchev–Trinajstić information content (AvgIpc) is 3.47. The van der Waals surface area contributed by atoms with E-state index >= 15 is 0 Å². The van der Waals surface area contributed by atoms with Gasteiger partial charge in [-0.15, -0.1) is 0 Å². The molecule has 13 heteroatoms. The second-order valence-corrected chi connectivity index (χ2v) is 8.22. The molecule has 3 N–H and O–H groups in total. The molecule has 4 aromatic rings. The number of aryl methyl sites for hydroxylation is 1. The molecule has 0 unspecified atom stereocenters. The summed E-state index contributed by atoms with van der Waals surface area (Å²) in [5, 5.41) is 13.5. The molecule has 4 bridgehead atoms. The average molecular weight is 452 g/mol. The van der Waals surface area contributed by atoms with Gasteiger partial charge in [0.1, 0.15) is 18.3 Å². The van der Waals surface area contributed by atoms with Crippen LogP contribution in [0.4, 0.5) is 26.6 Å². The van der Waals surface area contributed by atoms with E-state index in [1.54, 1.807) is 18.5 Å². The number of ether oxygens (including phenoxy) is 1. The Morgan fingerprint density at radius 2 is 2.12 bits per heavy atom. The Bertz CT molecular complexity index is 1400. The number of aromatic nitrogens is 7. The third kappa shape index (κ3) is 3.31. The van der Waals surface area contributed by atoms with Gasteiger partial charge in [0.25, 0.3) is 0 Å². The highest BCUT2D eigenvalue weighted by molar-refractivity contribution is 5.92. The highest BCUT2D eigenvalue weighted by Crippen LogP contribution is 2.29. The molecule has 0 radical (unpaired) electrons. The number of fused-ring (bicyclic) bond motifs is 6. The maximum absolute atomic E-state index is 14.3. The molecule has 0 aromatic carbocycles. The Kier molecular flexibility index (Phi) is 4.40. The first-order chi connectivity index (χ1) is 16.0. The highest BCUT2D eigenvalue weighted by atomic mass is 19.1. The largest absolute Gasteiger partial charge is 0.371 e. The van der Waals surface area contributed by atoms with Gasteiger partial charge in [0.2, 0.25) is 5.95 Å². The zero-order chi connectivity index (χ0) is 22.7. The maximum atomic E-state index is 14.3. The van der Waals surface area contributed by atoms with E-state index in [1.165, 1.54) is 10.9 Å². The van der Waals surface area contributed by atoms with Crippen LogP contribution in [0.15, 0.2) is 18.6 Å². The van der Waals surface area contributed by atoms with E-state index in [0.717, 1.165) is 5.56 Å². The monoisotopic (exact) mass is 452 g/mol. The minimum atomic E-state index is -1.06. The fourth-order valence-corrected chi connectivity index (χ4v) is 4.43. The molecule has 170 valence electrons. The second kappa shape index (κ2) is 7.33. The van der Waals surface area contributed by atoms with Crippen LogP contribution in [-0.2, 0) is 11.3 Å². The molecule has 33 heavy (non-hydrogen) atoms. The van der Waals surface area contributed by atoms with Gasteiger partial charge in [-0.2, -0.15) is 15.1 Å². The first-order valence-corrected chi connectivity index (χ1v) is 10.6. The van der Waals surface area contributed by atoms with Crippen LogP contribution in [0, 0.1) is 6.92 Å². The summed E-state index contributed by atoms with van der Waals surface area (Å²) in [5.41, 5.74) is 2.76. The zero-order valence-corrected chi connectivity index (χ0v) is 17.9. The van der Waals surface area contributed by atoms with Gasteiger partial charge in [-0.3, -0.25) is 0 Å². The minimum absolute atomic E-state index is 0.180. The van der Waals surface area contributed by atoms with Crippen LogP contribution in [-0.4, -0.2) is 65.5 Å². The van der Waals surface area contributed by atoms with Gasteiger partial charge in [0.15, 0.2) is 22.6 Å². The van der Waals surface area contributed by atoms with Gasteiger partial charge in [-0.1, -0.05) is 0 Å². The molecule has 2 aliphatic rings. The molecule has 1 aliphatic heterocycles. The van der Waals surface area contributed by atoms with Crippen LogP contribution in [0.1, 0.15) is 24.2 Å². The summed E-state index contributed by atoms with van der Waals surface area (Å²) in [6.07, 6.45) is 2.06. The molecular formula is C20H21FN10O2. The molecule has 0 saturated heterocycles. The first-order valence-electron chi connectivity index (χ1n) is 10.6. The number of carbonyl (C=O) groups is 1. The summed E-state index contributed by atoms with van der Waals surface area (Å²) in [5.74, 6) is 1.31. The minimum Gasteiger partial charge on any atom is -0.371 e. The van der Waals surface area contributed by atoms with Crippen molar-refractivity contribution >= 4 is 40.3 Å². The number of amides is 1. The van der Waals surface area contributed by atoms with Crippen LogP contribution in [0.5, 0.6) is 0 Å². The fourth-order valence-electron chi connectivity index (χ4n) is 4.43. The van der Waals surface area contributed by atoms with E-state index < -0.39 is 24.3 Å². The molecule has 4 aromatic heterocycles. The van der Waals surface area contributed by atoms with E-state index in [4.69, 9.17) is 4.74 Å². The third-order valence-electron chi connectivity index (χ3n) is 5.91. The van der Waals surface area contributed by atoms with Crippen LogP contribution >= 0.6 is 0 Å². The normalized spacial score (nSPS) is 22.8. The van der Waals surface area contributed by atoms with Crippen LogP contribution < -0.4 is 16.0 Å². The molecule has 1 amide bonds. The summed E-state index contributed by atoms with van der Waals surface area (Å²) in [6, 6.07) is 0.949. The number of hydrogen-bond donors (Lipinski definition) is 3. The highest BCUT2D eigenvalue weighted by Gasteiger charge is 2.37. The van der Waals surface area contributed by atoms with E-state index in [0.29, 0.717) is 34.1 Å². The molecule has 6 rings (SSSR count). The lowest BCUT2D eigenvalue weighted by atomic mass is 10.2. The van der Waals surface area contributed by atoms with Crippen molar-refractivity contribution in [1.82, 2.24) is 39.4 Å². The van der Waals surface area contributed by atoms with Gasteiger partial charge >= 0.3 is 6.03 Å². The second-order valence-electron chi connectivity index (χ2n) is 8.22. The Balaban J connectivity index is 1.55. The number of anilines is 3. The van der Waals surface area contributed by atoms with E-state index in [1.807, 2.05) is 12.3 Å². The number of nitrogens with one attached hydrogen (secondary N) is 3. The van der Waals surface area contributed by atoms with Gasteiger partial charge in [0.05, 0.1) is 24.4 Å². The Hall–Kier alpha value is -3.87. The number of nitrogens with zero attached hydrogens (tertiary/aromatic N) is 7. The fraction of sp³-hybridized carbons (Fsp3) is 0.400. The van der Waals surface area contributed by atoms with Crippen molar-refractivity contribution in [2.75, 3.05) is 17.7 Å². The van der Waals surface area contributed by atoms with E-state index in [2.05, 4.69) is 41.0 Å². The quantitative estimate of drug-likeness (QED) is 0.396. The topological polar surface area (TPSA) is 136 Å². The van der Waals surface area contributed by atoms with Crippen molar-refractivity contribution in [2.24, 2.45) is 0 Å². The summed E-state index contributed by atoms with van der Waals surface area (Å²) < 4.78 is 23.3. The van der Waals surface area contributed by atoms with Crippen LogP contribution in [0.3, 0.4) is 0 Å². The van der Waals surface area contributed by atoms with Gasteiger partial charge in [-0.05, 0) is 18.6 Å².